The van der Waals surface area contributed by atoms with E-state index in [1.807, 2.05) is 6.07 Å². The second-order valence-electron chi connectivity index (χ2n) is 5.83. The number of hydrogen-bond donors (Lipinski definition) is 1. The van der Waals surface area contributed by atoms with E-state index >= 15 is 0 Å². The largest absolute Gasteiger partial charge is 0.491 e. The van der Waals surface area contributed by atoms with Crippen molar-refractivity contribution in [2.24, 2.45) is 0 Å². The third-order valence-corrected chi connectivity index (χ3v) is 3.94. The van der Waals surface area contributed by atoms with Crippen LogP contribution in [0.5, 0.6) is 5.75 Å². The molecular weight excluding hydrogens is 248 g/mol. The van der Waals surface area contributed by atoms with Gasteiger partial charge in [-0.15, -0.1) is 0 Å². The summed E-state index contributed by atoms with van der Waals surface area (Å²) in [5.41, 5.74) is 1.25. The number of likely N-dealkylation sites (tertiary alicyclic amines) is 1. The first-order chi connectivity index (χ1) is 9.70. The van der Waals surface area contributed by atoms with Crippen LogP contribution in [0.15, 0.2) is 24.3 Å². The topological polar surface area (TPSA) is 24.5 Å². The summed E-state index contributed by atoms with van der Waals surface area (Å²) in [5.74, 6) is 1.01. The van der Waals surface area contributed by atoms with Gasteiger partial charge in [0.15, 0.2) is 0 Å². The van der Waals surface area contributed by atoms with Gasteiger partial charge in [-0.25, -0.2) is 0 Å². The molecule has 1 heterocycles. The van der Waals surface area contributed by atoms with Crippen LogP contribution in [-0.4, -0.2) is 36.7 Å². The summed E-state index contributed by atoms with van der Waals surface area (Å²) >= 11 is 0. The van der Waals surface area contributed by atoms with Gasteiger partial charge in [-0.2, -0.15) is 0 Å². The lowest BCUT2D eigenvalue weighted by Crippen LogP contribution is -2.37. The molecule has 1 atom stereocenters. The number of ether oxygens (including phenoxy) is 1. The predicted molar refractivity (Wildman–Crippen MR) is 84.2 cm³/mol. The van der Waals surface area contributed by atoms with Gasteiger partial charge in [0.1, 0.15) is 5.75 Å². The van der Waals surface area contributed by atoms with Crippen molar-refractivity contribution in [3.63, 3.8) is 0 Å². The minimum atomic E-state index is 0.224. The Labute approximate surface area is 123 Å². The average molecular weight is 276 g/mol. The van der Waals surface area contributed by atoms with Crippen molar-refractivity contribution >= 4 is 0 Å². The van der Waals surface area contributed by atoms with Crippen LogP contribution in [0, 0.1) is 0 Å². The highest BCUT2D eigenvalue weighted by Gasteiger charge is 2.22. The maximum absolute atomic E-state index is 5.86. The van der Waals surface area contributed by atoms with E-state index in [1.54, 1.807) is 0 Å². The fourth-order valence-electron chi connectivity index (χ4n) is 2.93. The van der Waals surface area contributed by atoms with Crippen molar-refractivity contribution in [1.82, 2.24) is 10.2 Å². The van der Waals surface area contributed by atoms with Crippen LogP contribution in [0.3, 0.4) is 0 Å². The lowest BCUT2D eigenvalue weighted by molar-refractivity contribution is 0.238. The number of rotatable bonds is 7. The summed E-state index contributed by atoms with van der Waals surface area (Å²) in [4.78, 5) is 2.57. The molecule has 0 amide bonds. The van der Waals surface area contributed by atoms with Crippen LogP contribution in [0.1, 0.15) is 39.2 Å². The third-order valence-electron chi connectivity index (χ3n) is 3.94. The summed E-state index contributed by atoms with van der Waals surface area (Å²) in [6.45, 7) is 10.8. The molecule has 112 valence electrons. The second kappa shape index (κ2) is 7.65. The highest BCUT2D eigenvalue weighted by Crippen LogP contribution is 2.20. The molecule has 3 nitrogen and oxygen atoms in total. The van der Waals surface area contributed by atoms with Gasteiger partial charge in [0.05, 0.1) is 6.10 Å². The molecule has 20 heavy (non-hydrogen) atoms. The molecule has 1 saturated heterocycles. The number of nitrogens with one attached hydrogen (secondary N) is 1. The first-order valence-corrected chi connectivity index (χ1v) is 7.90. The zero-order chi connectivity index (χ0) is 14.4. The zero-order valence-electron chi connectivity index (χ0n) is 13.1. The zero-order valence-corrected chi connectivity index (χ0v) is 13.1. The Kier molecular flexibility index (Phi) is 5.86. The standard InChI is InChI=1S/C17H28N2O/c1-4-19-11-7-9-16(19)13-18-12-15-8-5-6-10-17(15)20-14(2)3/h5-6,8,10,14,16,18H,4,7,9,11-13H2,1-3H3. The summed E-state index contributed by atoms with van der Waals surface area (Å²) in [6.07, 6.45) is 2.89. The maximum atomic E-state index is 5.86. The number of para-hydroxylation sites is 1. The fraction of sp³-hybridized carbons (Fsp3) is 0.647. The summed E-state index contributed by atoms with van der Waals surface area (Å²) in [7, 11) is 0. The normalized spacial score (nSPS) is 19.7. The van der Waals surface area contributed by atoms with Crippen molar-refractivity contribution in [3.05, 3.63) is 29.8 Å². The van der Waals surface area contributed by atoms with E-state index in [0.717, 1.165) is 18.8 Å². The molecule has 0 aromatic heterocycles. The number of nitrogens with zero attached hydrogens (tertiary/aromatic N) is 1. The van der Waals surface area contributed by atoms with Gasteiger partial charge >= 0.3 is 0 Å². The van der Waals surface area contributed by atoms with Crippen molar-refractivity contribution in [1.29, 1.82) is 0 Å². The minimum Gasteiger partial charge on any atom is -0.491 e. The van der Waals surface area contributed by atoms with Crippen molar-refractivity contribution in [3.8, 4) is 5.75 Å². The molecule has 2 rings (SSSR count). The van der Waals surface area contributed by atoms with Crippen molar-refractivity contribution in [2.45, 2.75) is 52.3 Å². The summed E-state index contributed by atoms with van der Waals surface area (Å²) in [6, 6.07) is 9.04. The molecular formula is C17H28N2O. The Bertz CT molecular complexity index is 406. The molecule has 1 aliphatic rings. The van der Waals surface area contributed by atoms with Gasteiger partial charge in [-0.3, -0.25) is 4.90 Å². The van der Waals surface area contributed by atoms with E-state index in [9.17, 15) is 0 Å². The Morgan fingerprint density at radius 3 is 2.90 bits per heavy atom. The number of benzene rings is 1. The Morgan fingerprint density at radius 1 is 1.35 bits per heavy atom. The molecule has 1 aromatic rings. The van der Waals surface area contributed by atoms with Crippen molar-refractivity contribution in [2.75, 3.05) is 19.6 Å². The van der Waals surface area contributed by atoms with Gasteiger partial charge in [0.25, 0.3) is 0 Å². The molecule has 1 unspecified atom stereocenters. The highest BCUT2D eigenvalue weighted by atomic mass is 16.5. The molecule has 3 heteroatoms. The van der Waals surface area contributed by atoms with Gasteiger partial charge in [-0.1, -0.05) is 25.1 Å². The second-order valence-corrected chi connectivity index (χ2v) is 5.83. The Balaban J connectivity index is 1.84. The van der Waals surface area contributed by atoms with Gasteiger partial charge in [-0.05, 0) is 45.8 Å². The van der Waals surface area contributed by atoms with Crippen molar-refractivity contribution < 1.29 is 4.74 Å². The molecule has 1 aromatic carbocycles. The Hall–Kier alpha value is -1.06. The predicted octanol–water partition coefficient (Wildman–Crippen LogP) is 3.05. The molecule has 1 fully saturated rings. The number of hydrogen-bond acceptors (Lipinski definition) is 3. The monoisotopic (exact) mass is 276 g/mol. The number of likely N-dealkylation sites (N-methyl/N-ethyl adjacent to an activating group) is 1. The quantitative estimate of drug-likeness (QED) is 0.828. The SMILES string of the molecule is CCN1CCCC1CNCc1ccccc1OC(C)C. The summed E-state index contributed by atoms with van der Waals surface area (Å²) in [5, 5.41) is 3.60. The third kappa shape index (κ3) is 4.22. The first-order valence-electron chi connectivity index (χ1n) is 7.90. The molecule has 1 N–H and O–H groups in total. The van der Waals surface area contributed by atoms with Crippen LogP contribution < -0.4 is 10.1 Å². The average Bonchev–Trinajstić information content (AvgIpc) is 2.87. The smallest absolute Gasteiger partial charge is 0.124 e. The van der Waals surface area contributed by atoms with Crippen LogP contribution >= 0.6 is 0 Å². The lowest BCUT2D eigenvalue weighted by atomic mass is 10.1. The van der Waals surface area contributed by atoms with E-state index in [-0.39, 0.29) is 6.10 Å². The molecule has 0 spiro atoms. The lowest BCUT2D eigenvalue weighted by Gasteiger charge is -2.23. The molecule has 1 aliphatic heterocycles. The van der Waals surface area contributed by atoms with E-state index in [2.05, 4.69) is 49.2 Å². The van der Waals surface area contributed by atoms with E-state index in [4.69, 9.17) is 4.74 Å². The van der Waals surface area contributed by atoms with Crippen LogP contribution in [0.4, 0.5) is 0 Å². The van der Waals surface area contributed by atoms with Crippen LogP contribution in [0.25, 0.3) is 0 Å². The Morgan fingerprint density at radius 2 is 2.15 bits per heavy atom. The molecule has 0 bridgehead atoms. The maximum Gasteiger partial charge on any atom is 0.124 e. The van der Waals surface area contributed by atoms with E-state index in [0.29, 0.717) is 6.04 Å². The van der Waals surface area contributed by atoms with Gasteiger partial charge < -0.3 is 10.1 Å². The fourth-order valence-corrected chi connectivity index (χ4v) is 2.93. The van der Waals surface area contributed by atoms with Crippen LogP contribution in [-0.2, 0) is 6.54 Å². The minimum absolute atomic E-state index is 0.224. The molecule has 0 radical (unpaired) electrons. The van der Waals surface area contributed by atoms with Crippen LogP contribution in [0.2, 0.25) is 0 Å². The van der Waals surface area contributed by atoms with E-state index in [1.165, 1.54) is 31.5 Å². The van der Waals surface area contributed by atoms with Gasteiger partial charge in [0, 0.05) is 24.7 Å². The summed E-state index contributed by atoms with van der Waals surface area (Å²) < 4.78 is 5.86. The molecule has 0 saturated carbocycles. The first kappa shape index (κ1) is 15.3. The highest BCUT2D eigenvalue weighted by molar-refractivity contribution is 5.33. The molecule has 0 aliphatic carbocycles. The van der Waals surface area contributed by atoms with E-state index < -0.39 is 0 Å². The van der Waals surface area contributed by atoms with Gasteiger partial charge in [0.2, 0.25) is 0 Å².